The first-order valence-corrected chi connectivity index (χ1v) is 6.14. The maximum atomic E-state index is 11.1. The average molecular weight is 267 g/mol. The minimum Gasteiger partial charge on any atom is -0.506 e. The molecule has 18 heavy (non-hydrogen) atoms. The van der Waals surface area contributed by atoms with E-state index in [-0.39, 0.29) is 10.8 Å². The van der Waals surface area contributed by atoms with Crippen LogP contribution in [0.1, 0.15) is 10.4 Å². The molecule has 0 aliphatic carbocycles. The lowest BCUT2D eigenvalue weighted by atomic mass is 10.1. The van der Waals surface area contributed by atoms with Gasteiger partial charge in [-0.3, -0.25) is 4.55 Å². The number of carbonyl (C=O) groups is 1. The van der Waals surface area contributed by atoms with Gasteiger partial charge in [-0.25, -0.2) is 4.79 Å². The second-order valence-electron chi connectivity index (χ2n) is 3.50. The third-order valence-corrected chi connectivity index (χ3v) is 3.19. The minimum absolute atomic E-state index is 0.141. The van der Waals surface area contributed by atoms with Gasteiger partial charge in [0.1, 0.15) is 16.2 Å². The third-order valence-electron chi connectivity index (χ3n) is 2.37. The number of hydrogen-bond donors (Lipinski definition) is 3. The first-order chi connectivity index (χ1) is 8.32. The van der Waals surface area contributed by atoms with Crippen LogP contribution in [0.3, 0.4) is 0 Å². The van der Waals surface area contributed by atoms with E-state index in [4.69, 9.17) is 9.66 Å². The summed E-state index contributed by atoms with van der Waals surface area (Å²) < 4.78 is 31.2. The molecule has 0 aliphatic heterocycles. The number of carboxylic acid groups (broad SMARTS) is 1. The molecule has 0 unspecified atom stereocenters. The molecule has 6 nitrogen and oxygen atoms in total. The quantitative estimate of drug-likeness (QED) is 0.707. The van der Waals surface area contributed by atoms with Gasteiger partial charge >= 0.3 is 5.97 Å². The SMILES string of the molecule is O=C(O)c1c(S(=O)(=O)O)[c]c2ccccc2c1O. The van der Waals surface area contributed by atoms with Crippen LogP contribution in [-0.2, 0) is 10.1 Å². The van der Waals surface area contributed by atoms with Crippen molar-refractivity contribution in [2.75, 3.05) is 0 Å². The molecule has 2 aromatic rings. The molecule has 0 heterocycles. The molecule has 2 aromatic carbocycles. The lowest BCUT2D eigenvalue weighted by Crippen LogP contribution is -2.09. The molecule has 2 rings (SSSR count). The Morgan fingerprint density at radius 1 is 1.22 bits per heavy atom. The highest BCUT2D eigenvalue weighted by atomic mass is 32.2. The Hall–Kier alpha value is -2.12. The van der Waals surface area contributed by atoms with Crippen LogP contribution < -0.4 is 0 Å². The van der Waals surface area contributed by atoms with E-state index in [0.717, 1.165) is 0 Å². The van der Waals surface area contributed by atoms with Crippen molar-refractivity contribution < 1.29 is 28.0 Å². The number of rotatable bonds is 2. The fraction of sp³-hybridized carbons (Fsp3) is 0. The van der Waals surface area contributed by atoms with Crippen molar-refractivity contribution in [3.63, 3.8) is 0 Å². The van der Waals surface area contributed by atoms with Gasteiger partial charge in [-0.15, -0.1) is 0 Å². The molecular formula is C11H7O6S. The van der Waals surface area contributed by atoms with Crippen molar-refractivity contribution in [3.8, 4) is 5.75 Å². The maximum absolute atomic E-state index is 11.1. The number of fused-ring (bicyclic) bond motifs is 1. The van der Waals surface area contributed by atoms with Gasteiger partial charge in [0.05, 0.1) is 0 Å². The van der Waals surface area contributed by atoms with Gasteiger partial charge in [-0.2, -0.15) is 8.42 Å². The van der Waals surface area contributed by atoms with Crippen molar-refractivity contribution in [2.24, 2.45) is 0 Å². The predicted octanol–water partition coefficient (Wildman–Crippen LogP) is 1.29. The molecule has 3 N–H and O–H groups in total. The van der Waals surface area contributed by atoms with Crippen LogP contribution in [0.5, 0.6) is 5.75 Å². The summed E-state index contributed by atoms with van der Waals surface area (Å²) in [7, 11) is -4.79. The van der Waals surface area contributed by atoms with Crippen molar-refractivity contribution in [3.05, 3.63) is 35.9 Å². The lowest BCUT2D eigenvalue weighted by molar-refractivity contribution is 0.0689. The van der Waals surface area contributed by atoms with E-state index in [9.17, 15) is 18.3 Å². The van der Waals surface area contributed by atoms with Crippen molar-refractivity contribution in [1.82, 2.24) is 0 Å². The van der Waals surface area contributed by atoms with E-state index in [0.29, 0.717) is 0 Å². The van der Waals surface area contributed by atoms with Crippen LogP contribution in [0.15, 0.2) is 29.2 Å². The highest BCUT2D eigenvalue weighted by Crippen LogP contribution is 2.33. The van der Waals surface area contributed by atoms with Gasteiger partial charge in [-0.1, -0.05) is 24.3 Å². The molecule has 0 atom stereocenters. The second-order valence-corrected chi connectivity index (χ2v) is 4.86. The van der Waals surface area contributed by atoms with Crippen LogP contribution >= 0.6 is 0 Å². The van der Waals surface area contributed by atoms with Gasteiger partial charge < -0.3 is 10.2 Å². The first kappa shape index (κ1) is 12.3. The Labute approximate surface area is 102 Å². The number of aromatic carboxylic acids is 1. The van der Waals surface area contributed by atoms with Crippen LogP contribution in [0.4, 0.5) is 0 Å². The second kappa shape index (κ2) is 3.97. The van der Waals surface area contributed by atoms with Crippen LogP contribution in [0, 0.1) is 6.07 Å². The molecule has 0 spiro atoms. The third kappa shape index (κ3) is 1.89. The molecule has 7 heteroatoms. The molecule has 0 bridgehead atoms. The first-order valence-electron chi connectivity index (χ1n) is 4.70. The zero-order chi connectivity index (χ0) is 13.5. The van der Waals surface area contributed by atoms with Gasteiger partial charge in [0.25, 0.3) is 10.1 Å². The molecule has 0 saturated carbocycles. The monoisotopic (exact) mass is 267 g/mol. The minimum atomic E-state index is -4.79. The zero-order valence-electron chi connectivity index (χ0n) is 8.78. The number of phenols is 1. The molecule has 0 aromatic heterocycles. The Bertz CT molecular complexity index is 747. The Kier molecular flexibility index (Phi) is 2.72. The summed E-state index contributed by atoms with van der Waals surface area (Å²) in [6.45, 7) is 0. The highest BCUT2D eigenvalue weighted by molar-refractivity contribution is 7.86. The number of hydrogen-bond acceptors (Lipinski definition) is 4. The summed E-state index contributed by atoms with van der Waals surface area (Å²) in [6, 6.07) is 8.25. The predicted molar refractivity (Wildman–Crippen MR) is 61.2 cm³/mol. The summed E-state index contributed by atoms with van der Waals surface area (Å²) in [5.74, 6) is -2.38. The van der Waals surface area contributed by atoms with Crippen molar-refractivity contribution in [1.29, 1.82) is 0 Å². The van der Waals surface area contributed by atoms with E-state index >= 15 is 0 Å². The van der Waals surface area contributed by atoms with Crippen molar-refractivity contribution in [2.45, 2.75) is 4.90 Å². The number of benzene rings is 2. The van der Waals surface area contributed by atoms with Crippen LogP contribution in [0.2, 0.25) is 0 Å². The van der Waals surface area contributed by atoms with E-state index in [1.54, 1.807) is 12.1 Å². The fourth-order valence-electron chi connectivity index (χ4n) is 1.62. The van der Waals surface area contributed by atoms with E-state index in [1.807, 2.05) is 0 Å². The topological polar surface area (TPSA) is 112 Å². The summed E-state index contributed by atoms with van der Waals surface area (Å²) >= 11 is 0. The van der Waals surface area contributed by atoms with E-state index < -0.39 is 32.3 Å². The summed E-state index contributed by atoms with van der Waals surface area (Å²) in [6.07, 6.45) is 0. The Morgan fingerprint density at radius 2 is 1.83 bits per heavy atom. The summed E-state index contributed by atoms with van der Waals surface area (Å²) in [4.78, 5) is 10.0. The molecule has 0 aliphatic rings. The highest BCUT2D eigenvalue weighted by Gasteiger charge is 2.26. The average Bonchev–Trinajstić information content (AvgIpc) is 2.27. The zero-order valence-corrected chi connectivity index (χ0v) is 9.60. The van der Waals surface area contributed by atoms with Gasteiger partial charge in [0.15, 0.2) is 0 Å². The van der Waals surface area contributed by atoms with Crippen LogP contribution in [-0.4, -0.2) is 29.2 Å². The molecule has 1 radical (unpaired) electrons. The Morgan fingerprint density at radius 3 is 2.39 bits per heavy atom. The lowest BCUT2D eigenvalue weighted by Gasteiger charge is -2.08. The number of carboxylic acids is 1. The van der Waals surface area contributed by atoms with Gasteiger partial charge in [0.2, 0.25) is 0 Å². The van der Waals surface area contributed by atoms with Crippen LogP contribution in [0.25, 0.3) is 10.8 Å². The van der Waals surface area contributed by atoms with Gasteiger partial charge in [0, 0.05) is 11.5 Å². The standard InChI is InChI=1S/C11H7O6S/c12-10-7-4-2-1-3-6(7)5-8(18(15,16)17)9(10)11(13)14/h1-4,12H,(H,13,14)(H,15,16,17). The van der Waals surface area contributed by atoms with E-state index in [1.165, 1.54) is 12.1 Å². The number of aromatic hydroxyl groups is 1. The summed E-state index contributed by atoms with van der Waals surface area (Å²) in [5, 5.41) is 19.0. The molecular weight excluding hydrogens is 260 g/mol. The smallest absolute Gasteiger partial charge is 0.340 e. The van der Waals surface area contributed by atoms with Crippen molar-refractivity contribution >= 4 is 26.9 Å². The molecule has 93 valence electrons. The maximum Gasteiger partial charge on any atom is 0.340 e. The molecule has 0 saturated heterocycles. The normalized spacial score (nSPS) is 11.6. The Balaban J connectivity index is 3.02. The largest absolute Gasteiger partial charge is 0.506 e. The van der Waals surface area contributed by atoms with Gasteiger partial charge in [-0.05, 0) is 5.39 Å². The molecule has 0 fully saturated rings. The molecule has 0 amide bonds. The fourth-order valence-corrected chi connectivity index (χ4v) is 2.30. The summed E-state index contributed by atoms with van der Waals surface area (Å²) in [5.41, 5.74) is -0.892. The van der Waals surface area contributed by atoms with E-state index in [2.05, 4.69) is 6.07 Å².